The van der Waals surface area contributed by atoms with E-state index in [4.69, 9.17) is 17.5 Å². The lowest BCUT2D eigenvalue weighted by Crippen LogP contribution is -2.41. The first-order valence-corrected chi connectivity index (χ1v) is 5.86. The SMILES string of the molecule is CC(C)(C)C(=O)NC(=S)Nc1ccc(C#N)cc1. The number of carbonyl (C=O) groups is 1. The van der Waals surface area contributed by atoms with Gasteiger partial charge in [-0.1, -0.05) is 20.8 Å². The van der Waals surface area contributed by atoms with Crippen LogP contribution in [0.5, 0.6) is 0 Å². The predicted octanol–water partition coefficient (Wildman–Crippen LogP) is 2.42. The van der Waals surface area contributed by atoms with Crippen LogP contribution in [0.3, 0.4) is 0 Å². The van der Waals surface area contributed by atoms with E-state index in [0.29, 0.717) is 5.56 Å². The van der Waals surface area contributed by atoms with Crippen molar-refractivity contribution in [1.82, 2.24) is 5.32 Å². The molecule has 0 radical (unpaired) electrons. The molecule has 0 aliphatic rings. The first-order chi connectivity index (χ1) is 8.32. The van der Waals surface area contributed by atoms with Gasteiger partial charge in [0.25, 0.3) is 0 Å². The molecule has 1 amide bonds. The number of thiocarbonyl (C=S) groups is 1. The van der Waals surface area contributed by atoms with E-state index in [0.717, 1.165) is 5.69 Å². The van der Waals surface area contributed by atoms with Crippen LogP contribution in [0.15, 0.2) is 24.3 Å². The molecule has 4 nitrogen and oxygen atoms in total. The zero-order valence-electron chi connectivity index (χ0n) is 10.6. The van der Waals surface area contributed by atoms with Crippen molar-refractivity contribution in [2.75, 3.05) is 5.32 Å². The number of nitrogens with one attached hydrogen (secondary N) is 2. The summed E-state index contributed by atoms with van der Waals surface area (Å²) in [6, 6.07) is 8.84. The third-order valence-electron chi connectivity index (χ3n) is 2.18. The maximum Gasteiger partial charge on any atom is 0.231 e. The average molecular weight is 261 g/mol. The molecule has 1 aromatic rings. The zero-order valence-corrected chi connectivity index (χ0v) is 11.4. The van der Waals surface area contributed by atoms with Crippen LogP contribution < -0.4 is 10.6 Å². The molecule has 1 rings (SSSR count). The molecular weight excluding hydrogens is 246 g/mol. The maximum atomic E-state index is 11.7. The molecule has 0 saturated carbocycles. The van der Waals surface area contributed by atoms with Crippen molar-refractivity contribution < 1.29 is 4.79 Å². The normalized spacial score (nSPS) is 10.3. The van der Waals surface area contributed by atoms with Gasteiger partial charge >= 0.3 is 0 Å². The largest absolute Gasteiger partial charge is 0.332 e. The second-order valence-corrected chi connectivity index (χ2v) is 5.26. The quantitative estimate of drug-likeness (QED) is 0.762. The Morgan fingerprint density at radius 2 is 1.83 bits per heavy atom. The molecule has 0 aliphatic carbocycles. The summed E-state index contributed by atoms with van der Waals surface area (Å²) < 4.78 is 0. The van der Waals surface area contributed by atoms with Crippen LogP contribution >= 0.6 is 12.2 Å². The van der Waals surface area contributed by atoms with E-state index >= 15 is 0 Å². The van der Waals surface area contributed by atoms with E-state index in [1.165, 1.54) is 0 Å². The number of anilines is 1. The summed E-state index contributed by atoms with van der Waals surface area (Å²) in [5.74, 6) is -0.145. The molecule has 94 valence electrons. The van der Waals surface area contributed by atoms with Gasteiger partial charge in [0.05, 0.1) is 11.6 Å². The molecule has 0 bridgehead atoms. The Hall–Kier alpha value is -1.93. The van der Waals surface area contributed by atoms with Crippen molar-refractivity contribution in [3.8, 4) is 6.07 Å². The van der Waals surface area contributed by atoms with Crippen molar-refractivity contribution in [1.29, 1.82) is 5.26 Å². The van der Waals surface area contributed by atoms with E-state index in [1.54, 1.807) is 24.3 Å². The van der Waals surface area contributed by atoms with Gasteiger partial charge < -0.3 is 10.6 Å². The van der Waals surface area contributed by atoms with Gasteiger partial charge in [-0.3, -0.25) is 4.79 Å². The number of nitrogens with zero attached hydrogens (tertiary/aromatic N) is 1. The standard InChI is InChI=1S/C13H15N3OS/c1-13(2,3)11(17)16-12(18)15-10-6-4-9(8-14)5-7-10/h4-7H,1-3H3,(H2,15,16,17,18). The van der Waals surface area contributed by atoms with Crippen LogP contribution in [0.2, 0.25) is 0 Å². The van der Waals surface area contributed by atoms with Crippen molar-refractivity contribution in [2.24, 2.45) is 5.41 Å². The molecule has 0 heterocycles. The third kappa shape index (κ3) is 4.15. The third-order valence-corrected chi connectivity index (χ3v) is 2.38. The van der Waals surface area contributed by atoms with Gasteiger partial charge in [0.15, 0.2) is 5.11 Å². The molecule has 0 unspecified atom stereocenters. The summed E-state index contributed by atoms with van der Waals surface area (Å²) in [7, 11) is 0. The monoisotopic (exact) mass is 261 g/mol. The Bertz CT molecular complexity index is 494. The van der Waals surface area contributed by atoms with Gasteiger partial charge in [0, 0.05) is 11.1 Å². The second-order valence-electron chi connectivity index (χ2n) is 4.85. The van der Waals surface area contributed by atoms with E-state index in [1.807, 2.05) is 26.8 Å². The molecule has 2 N–H and O–H groups in total. The van der Waals surface area contributed by atoms with Gasteiger partial charge in [0.2, 0.25) is 5.91 Å². The van der Waals surface area contributed by atoms with Gasteiger partial charge in [0.1, 0.15) is 0 Å². The zero-order chi connectivity index (χ0) is 13.8. The van der Waals surface area contributed by atoms with Gasteiger partial charge in [-0.15, -0.1) is 0 Å². The Labute approximate surface area is 112 Å². The van der Waals surface area contributed by atoms with Crippen molar-refractivity contribution in [3.05, 3.63) is 29.8 Å². The van der Waals surface area contributed by atoms with Gasteiger partial charge in [-0.25, -0.2) is 0 Å². The Kier molecular flexibility index (Phi) is 4.40. The molecule has 18 heavy (non-hydrogen) atoms. The molecule has 0 aromatic heterocycles. The summed E-state index contributed by atoms with van der Waals surface area (Å²) in [4.78, 5) is 11.7. The van der Waals surface area contributed by atoms with E-state index in [9.17, 15) is 4.79 Å². The average Bonchev–Trinajstić information content (AvgIpc) is 2.28. The second kappa shape index (κ2) is 5.61. The number of hydrogen-bond acceptors (Lipinski definition) is 3. The summed E-state index contributed by atoms with van der Waals surface area (Å²) in [5.41, 5.74) is 0.814. The highest BCUT2D eigenvalue weighted by Crippen LogP contribution is 2.13. The molecule has 1 aromatic carbocycles. The maximum absolute atomic E-state index is 11.7. The first kappa shape index (κ1) is 14.1. The topological polar surface area (TPSA) is 64.9 Å². The molecule has 0 saturated heterocycles. The number of amides is 1. The Balaban J connectivity index is 2.60. The lowest BCUT2D eigenvalue weighted by atomic mass is 9.96. The molecular formula is C13H15N3OS. The Morgan fingerprint density at radius 1 is 1.28 bits per heavy atom. The fourth-order valence-corrected chi connectivity index (χ4v) is 1.29. The Morgan fingerprint density at radius 3 is 2.28 bits per heavy atom. The van der Waals surface area contributed by atoms with Crippen molar-refractivity contribution >= 4 is 28.9 Å². The number of carbonyl (C=O) groups excluding carboxylic acids is 1. The van der Waals surface area contributed by atoms with Crippen LogP contribution in [-0.2, 0) is 4.79 Å². The minimum atomic E-state index is -0.490. The fourth-order valence-electron chi connectivity index (χ4n) is 1.08. The first-order valence-electron chi connectivity index (χ1n) is 5.45. The molecule has 5 heteroatoms. The predicted molar refractivity (Wildman–Crippen MR) is 75.0 cm³/mol. The van der Waals surface area contributed by atoms with E-state index < -0.39 is 5.41 Å². The van der Waals surface area contributed by atoms with E-state index in [-0.39, 0.29) is 11.0 Å². The number of hydrogen-bond donors (Lipinski definition) is 2. The van der Waals surface area contributed by atoms with Crippen molar-refractivity contribution in [2.45, 2.75) is 20.8 Å². The molecule has 0 spiro atoms. The number of rotatable bonds is 1. The van der Waals surface area contributed by atoms with Crippen LogP contribution in [0, 0.1) is 16.7 Å². The van der Waals surface area contributed by atoms with Gasteiger partial charge in [-0.05, 0) is 36.5 Å². The van der Waals surface area contributed by atoms with Crippen LogP contribution in [0.4, 0.5) is 5.69 Å². The lowest BCUT2D eigenvalue weighted by molar-refractivity contribution is -0.126. The minimum absolute atomic E-state index is 0.145. The summed E-state index contributed by atoms with van der Waals surface area (Å²) in [5, 5.41) is 14.4. The number of nitriles is 1. The van der Waals surface area contributed by atoms with Crippen molar-refractivity contribution in [3.63, 3.8) is 0 Å². The lowest BCUT2D eigenvalue weighted by Gasteiger charge is -2.18. The molecule has 0 atom stereocenters. The van der Waals surface area contributed by atoms with Crippen LogP contribution in [0.1, 0.15) is 26.3 Å². The summed E-state index contributed by atoms with van der Waals surface area (Å²) in [6.07, 6.45) is 0. The highest BCUT2D eigenvalue weighted by molar-refractivity contribution is 7.80. The number of benzene rings is 1. The smallest absolute Gasteiger partial charge is 0.231 e. The van der Waals surface area contributed by atoms with Crippen LogP contribution in [0.25, 0.3) is 0 Å². The fraction of sp³-hybridized carbons (Fsp3) is 0.308. The molecule has 0 aliphatic heterocycles. The minimum Gasteiger partial charge on any atom is -0.332 e. The highest BCUT2D eigenvalue weighted by atomic mass is 32.1. The molecule has 0 fully saturated rings. The highest BCUT2D eigenvalue weighted by Gasteiger charge is 2.21. The summed E-state index contributed by atoms with van der Waals surface area (Å²) >= 11 is 5.03. The van der Waals surface area contributed by atoms with Crippen LogP contribution in [-0.4, -0.2) is 11.0 Å². The van der Waals surface area contributed by atoms with Gasteiger partial charge in [-0.2, -0.15) is 5.26 Å². The summed E-state index contributed by atoms with van der Waals surface area (Å²) in [6.45, 7) is 5.44. The van der Waals surface area contributed by atoms with E-state index in [2.05, 4.69) is 10.6 Å².